The monoisotopic (exact) mass is 279 g/mol. The van der Waals surface area contributed by atoms with Crippen LogP contribution in [0, 0.1) is 5.92 Å². The molecule has 1 fully saturated rings. The fourth-order valence-corrected chi connectivity index (χ4v) is 2.42. The van der Waals surface area contributed by atoms with E-state index in [1.807, 2.05) is 25.1 Å². The van der Waals surface area contributed by atoms with Gasteiger partial charge in [-0.3, -0.25) is 4.79 Å². The highest BCUT2D eigenvalue weighted by atomic mass is 16.5. The Morgan fingerprint density at radius 3 is 2.45 bits per heavy atom. The number of anilines is 1. The van der Waals surface area contributed by atoms with Crippen molar-refractivity contribution in [2.45, 2.75) is 13.3 Å². The molecule has 0 N–H and O–H groups in total. The van der Waals surface area contributed by atoms with Gasteiger partial charge in [0.15, 0.2) is 0 Å². The lowest BCUT2D eigenvalue weighted by molar-refractivity contribution is -0.147. The molecule has 0 radical (unpaired) electrons. The lowest BCUT2D eigenvalue weighted by Gasteiger charge is -2.20. The van der Waals surface area contributed by atoms with Gasteiger partial charge in [0.1, 0.15) is 11.5 Å². The van der Waals surface area contributed by atoms with Crippen LogP contribution in [-0.2, 0) is 9.53 Å². The fraction of sp³-hybridized carbons (Fsp3) is 0.533. The van der Waals surface area contributed by atoms with Crippen molar-refractivity contribution in [2.75, 3.05) is 38.8 Å². The van der Waals surface area contributed by atoms with Crippen molar-refractivity contribution >= 4 is 11.7 Å². The molecule has 1 aliphatic rings. The number of nitrogens with zero attached hydrogens (tertiary/aromatic N) is 1. The third kappa shape index (κ3) is 3.15. The minimum Gasteiger partial charge on any atom is -0.497 e. The lowest BCUT2D eigenvalue weighted by atomic mass is 10.1. The molecule has 1 heterocycles. The van der Waals surface area contributed by atoms with Crippen LogP contribution in [-0.4, -0.2) is 39.9 Å². The molecule has 2 rings (SSSR count). The molecule has 0 bridgehead atoms. The average Bonchev–Trinajstić information content (AvgIpc) is 2.97. The summed E-state index contributed by atoms with van der Waals surface area (Å²) >= 11 is 0. The highest BCUT2D eigenvalue weighted by molar-refractivity contribution is 5.74. The van der Waals surface area contributed by atoms with Gasteiger partial charge in [-0.05, 0) is 13.3 Å². The molecule has 1 aliphatic heterocycles. The molecular formula is C15H21NO4. The van der Waals surface area contributed by atoms with Crippen molar-refractivity contribution in [1.29, 1.82) is 0 Å². The molecular weight excluding hydrogens is 258 g/mol. The summed E-state index contributed by atoms with van der Waals surface area (Å²) in [5.41, 5.74) is 1.01. The number of rotatable bonds is 5. The summed E-state index contributed by atoms with van der Waals surface area (Å²) < 4.78 is 15.6. The van der Waals surface area contributed by atoms with Gasteiger partial charge >= 0.3 is 5.97 Å². The second-order valence-corrected chi connectivity index (χ2v) is 4.75. The Hall–Kier alpha value is -1.91. The number of carbonyl (C=O) groups is 1. The Morgan fingerprint density at radius 2 is 1.90 bits per heavy atom. The summed E-state index contributed by atoms with van der Waals surface area (Å²) in [4.78, 5) is 13.9. The topological polar surface area (TPSA) is 48.0 Å². The maximum Gasteiger partial charge on any atom is 0.310 e. The van der Waals surface area contributed by atoms with E-state index in [-0.39, 0.29) is 11.9 Å². The molecule has 0 spiro atoms. The van der Waals surface area contributed by atoms with Crippen LogP contribution in [0.5, 0.6) is 11.5 Å². The molecule has 5 nitrogen and oxygen atoms in total. The van der Waals surface area contributed by atoms with Gasteiger partial charge in [0.05, 0.1) is 26.7 Å². The number of hydrogen-bond donors (Lipinski definition) is 0. The summed E-state index contributed by atoms with van der Waals surface area (Å²) in [6, 6.07) is 5.74. The molecule has 0 aliphatic carbocycles. The van der Waals surface area contributed by atoms with Gasteiger partial charge in [0.2, 0.25) is 0 Å². The number of carbonyl (C=O) groups excluding carboxylic acids is 1. The first-order chi connectivity index (χ1) is 9.67. The van der Waals surface area contributed by atoms with E-state index in [2.05, 4.69) is 4.90 Å². The summed E-state index contributed by atoms with van der Waals surface area (Å²) in [5, 5.41) is 0. The maximum absolute atomic E-state index is 11.8. The van der Waals surface area contributed by atoms with Crippen LogP contribution in [0.3, 0.4) is 0 Å². The second-order valence-electron chi connectivity index (χ2n) is 4.75. The molecule has 110 valence electrons. The second kappa shape index (κ2) is 6.50. The smallest absolute Gasteiger partial charge is 0.310 e. The van der Waals surface area contributed by atoms with Gasteiger partial charge in [0, 0.05) is 37.0 Å². The van der Waals surface area contributed by atoms with Crippen LogP contribution >= 0.6 is 0 Å². The first-order valence-corrected chi connectivity index (χ1v) is 6.82. The third-order valence-electron chi connectivity index (χ3n) is 3.51. The minimum atomic E-state index is -0.107. The Morgan fingerprint density at radius 1 is 1.25 bits per heavy atom. The quantitative estimate of drug-likeness (QED) is 0.772. The molecule has 1 aromatic rings. The summed E-state index contributed by atoms with van der Waals surface area (Å²) in [6.45, 7) is 3.77. The van der Waals surface area contributed by atoms with Gasteiger partial charge in [-0.2, -0.15) is 0 Å². The molecule has 1 aromatic carbocycles. The van der Waals surface area contributed by atoms with Crippen LogP contribution in [0.25, 0.3) is 0 Å². The van der Waals surface area contributed by atoms with E-state index in [4.69, 9.17) is 14.2 Å². The Balaban J connectivity index is 2.11. The van der Waals surface area contributed by atoms with E-state index in [1.54, 1.807) is 14.2 Å². The normalized spacial score (nSPS) is 17.9. The van der Waals surface area contributed by atoms with Crippen molar-refractivity contribution in [2.24, 2.45) is 5.92 Å². The van der Waals surface area contributed by atoms with Gasteiger partial charge < -0.3 is 19.1 Å². The molecule has 1 saturated heterocycles. The molecule has 0 saturated carbocycles. The predicted octanol–water partition coefficient (Wildman–Crippen LogP) is 2.09. The van der Waals surface area contributed by atoms with E-state index < -0.39 is 0 Å². The summed E-state index contributed by atoms with van der Waals surface area (Å²) in [5.74, 6) is 1.34. The Kier molecular flexibility index (Phi) is 4.71. The highest BCUT2D eigenvalue weighted by Crippen LogP contribution is 2.31. The van der Waals surface area contributed by atoms with Gasteiger partial charge in [0.25, 0.3) is 0 Å². The Bertz CT molecular complexity index is 453. The minimum absolute atomic E-state index is 0.0489. The number of ether oxygens (including phenoxy) is 3. The number of esters is 1. The number of methoxy groups -OCH3 is 2. The SMILES string of the molecule is CCOC(=O)C1CCN(c2cc(OC)cc(OC)c2)C1. The van der Waals surface area contributed by atoms with E-state index in [9.17, 15) is 4.79 Å². The molecule has 0 amide bonds. The molecule has 5 heteroatoms. The average molecular weight is 279 g/mol. The van der Waals surface area contributed by atoms with Crippen molar-refractivity contribution in [3.63, 3.8) is 0 Å². The van der Waals surface area contributed by atoms with Crippen LogP contribution in [0.1, 0.15) is 13.3 Å². The van der Waals surface area contributed by atoms with Crippen molar-refractivity contribution < 1.29 is 19.0 Å². The van der Waals surface area contributed by atoms with Gasteiger partial charge in [-0.1, -0.05) is 0 Å². The lowest BCUT2D eigenvalue weighted by Crippen LogP contribution is -2.24. The first-order valence-electron chi connectivity index (χ1n) is 6.82. The van der Waals surface area contributed by atoms with Crippen LogP contribution < -0.4 is 14.4 Å². The third-order valence-corrected chi connectivity index (χ3v) is 3.51. The van der Waals surface area contributed by atoms with Crippen molar-refractivity contribution in [3.05, 3.63) is 18.2 Å². The van der Waals surface area contributed by atoms with Gasteiger partial charge in [-0.15, -0.1) is 0 Å². The van der Waals surface area contributed by atoms with E-state index in [1.165, 1.54) is 0 Å². The standard InChI is InChI=1S/C15H21NO4/c1-4-20-15(17)11-5-6-16(10-11)12-7-13(18-2)9-14(8-12)19-3/h7-9,11H,4-6,10H2,1-3H3. The van der Waals surface area contributed by atoms with Gasteiger partial charge in [-0.25, -0.2) is 0 Å². The van der Waals surface area contributed by atoms with Crippen molar-refractivity contribution in [1.82, 2.24) is 0 Å². The van der Waals surface area contributed by atoms with Crippen LogP contribution in [0.2, 0.25) is 0 Å². The molecule has 1 unspecified atom stereocenters. The van der Waals surface area contributed by atoms with Crippen molar-refractivity contribution in [3.8, 4) is 11.5 Å². The zero-order valence-electron chi connectivity index (χ0n) is 12.2. The Labute approximate surface area is 119 Å². The van der Waals surface area contributed by atoms with Crippen LogP contribution in [0.4, 0.5) is 5.69 Å². The van der Waals surface area contributed by atoms with E-state index >= 15 is 0 Å². The highest BCUT2D eigenvalue weighted by Gasteiger charge is 2.29. The molecule has 20 heavy (non-hydrogen) atoms. The van der Waals surface area contributed by atoms with E-state index in [0.717, 1.165) is 30.2 Å². The zero-order valence-corrected chi connectivity index (χ0v) is 12.2. The number of benzene rings is 1. The molecule has 0 aromatic heterocycles. The molecule has 1 atom stereocenters. The predicted molar refractivity (Wildman–Crippen MR) is 76.5 cm³/mol. The first kappa shape index (κ1) is 14.5. The fourth-order valence-electron chi connectivity index (χ4n) is 2.42. The largest absolute Gasteiger partial charge is 0.497 e. The summed E-state index contributed by atoms with van der Waals surface area (Å²) in [7, 11) is 3.26. The van der Waals surface area contributed by atoms with Crippen LogP contribution in [0.15, 0.2) is 18.2 Å². The summed E-state index contributed by atoms with van der Waals surface area (Å²) in [6.07, 6.45) is 0.818. The van der Waals surface area contributed by atoms with E-state index in [0.29, 0.717) is 13.2 Å². The number of hydrogen-bond acceptors (Lipinski definition) is 5. The zero-order chi connectivity index (χ0) is 14.5. The maximum atomic E-state index is 11.8.